The topological polar surface area (TPSA) is 156 Å². The molecule has 0 amide bonds. The van der Waals surface area contributed by atoms with Crippen molar-refractivity contribution in [1.82, 2.24) is 19.8 Å². The van der Waals surface area contributed by atoms with Gasteiger partial charge in [0.25, 0.3) is 0 Å². The van der Waals surface area contributed by atoms with Crippen LogP contribution in [-0.4, -0.2) is 93.6 Å². The molecule has 0 aliphatic carbocycles. The number of nitrogens with zero attached hydrogens (tertiary/aromatic N) is 4. The Morgan fingerprint density at radius 1 is 0.822 bits per heavy atom. The van der Waals surface area contributed by atoms with Crippen molar-refractivity contribution in [3.8, 4) is 0 Å². The molecule has 2 aliphatic heterocycles. The summed E-state index contributed by atoms with van der Waals surface area (Å²) in [6.45, 7) is 3.79. The van der Waals surface area contributed by atoms with E-state index in [1.807, 2.05) is 15.2 Å². The lowest BCUT2D eigenvalue weighted by molar-refractivity contribution is 0.319. The summed E-state index contributed by atoms with van der Waals surface area (Å²) in [4.78, 5) is 9.16. The Kier molecular flexibility index (Phi) is 10.7. The van der Waals surface area contributed by atoms with Crippen LogP contribution >= 0.6 is 32.7 Å². The van der Waals surface area contributed by atoms with Gasteiger partial charge >= 0.3 is 0 Å². The minimum atomic E-state index is -3.56. The lowest BCUT2D eigenvalue weighted by atomic mass is 10.2. The molecule has 1 unspecified atom stereocenters. The number of rotatable bonds is 11. The van der Waals surface area contributed by atoms with Crippen LogP contribution in [0, 0.1) is 0 Å². The second-order valence-electron chi connectivity index (χ2n) is 10.3. The van der Waals surface area contributed by atoms with Crippen molar-refractivity contribution < 1.29 is 27.9 Å². The second kappa shape index (κ2) is 14.4. The molecule has 3 N–H and O–H groups in total. The summed E-state index contributed by atoms with van der Waals surface area (Å²) in [6, 6.07) is 10.4. The van der Waals surface area contributed by atoms with Crippen LogP contribution < -0.4 is 10.6 Å². The van der Waals surface area contributed by atoms with E-state index in [0.29, 0.717) is 33.9 Å². The second-order valence-corrected chi connectivity index (χ2v) is 15.7. The fourth-order valence-electron chi connectivity index (χ4n) is 5.16. The number of hydrogen-bond donors (Lipinski definition) is 3. The fraction of sp³-hybridized carbons (Fsp3) is 0.357. The number of fused-ring (bicyclic) bond motifs is 2. The summed E-state index contributed by atoms with van der Waals surface area (Å²) in [7, 11) is -4.95. The summed E-state index contributed by atoms with van der Waals surface area (Å²) < 4.78 is 58.4. The average Bonchev–Trinajstić information content (AvgIpc) is 3.81. The molecular formula is C28H35Cl2N6O6PS2. The molecule has 4 aromatic rings. The van der Waals surface area contributed by atoms with E-state index in [1.165, 1.54) is 0 Å². The molecule has 0 bridgehead atoms. The molecule has 0 radical (unpaired) electrons. The quantitative estimate of drug-likeness (QED) is 0.200. The van der Waals surface area contributed by atoms with Gasteiger partial charge in [-0.1, -0.05) is 23.2 Å². The molecule has 2 aromatic carbocycles. The normalized spacial score (nSPS) is 15.0. The van der Waals surface area contributed by atoms with Gasteiger partial charge in [-0.05, 0) is 36.4 Å². The van der Waals surface area contributed by atoms with Crippen LogP contribution in [0.3, 0.4) is 0 Å². The lowest BCUT2D eigenvalue weighted by Gasteiger charge is -2.05. The molecule has 0 saturated heterocycles. The average molecular weight is 720 g/mol. The third-order valence-corrected chi connectivity index (χ3v) is 11.4. The van der Waals surface area contributed by atoms with Gasteiger partial charge in [0.05, 0.1) is 60.7 Å². The van der Waals surface area contributed by atoms with Gasteiger partial charge in [-0.25, -0.2) is 16.8 Å². The van der Waals surface area contributed by atoms with Crippen LogP contribution in [0.15, 0.2) is 68.6 Å². The van der Waals surface area contributed by atoms with E-state index in [1.54, 1.807) is 42.7 Å². The van der Waals surface area contributed by atoms with Gasteiger partial charge in [0.15, 0.2) is 19.7 Å². The van der Waals surface area contributed by atoms with Crippen LogP contribution in [0.4, 0.5) is 0 Å². The molecule has 244 valence electrons. The molecule has 0 saturated carbocycles. The van der Waals surface area contributed by atoms with Gasteiger partial charge in [-0.15, -0.1) is 0 Å². The predicted molar refractivity (Wildman–Crippen MR) is 183 cm³/mol. The van der Waals surface area contributed by atoms with Crippen LogP contribution in [0.2, 0.25) is 10.0 Å². The third kappa shape index (κ3) is 7.82. The SMILES string of the molecule is O=S(=O)(CCO)c1cn(CC2=NCCN2)c2ccc(Cl)cc12.O=S(=O)(CCOP)c1cn(CC2=NCCN2)c2ccc(Cl)cc12.[3HH]. The van der Waals surface area contributed by atoms with Crippen LogP contribution in [0.1, 0.15) is 1.43 Å². The Morgan fingerprint density at radius 3 is 1.69 bits per heavy atom. The Balaban J connectivity index is 0.000000205. The van der Waals surface area contributed by atoms with Gasteiger partial charge < -0.3 is 29.4 Å². The Bertz CT molecular complexity index is 2000. The number of aliphatic hydroxyl groups is 1. The van der Waals surface area contributed by atoms with E-state index >= 15 is 0 Å². The maximum Gasteiger partial charge on any atom is 0.182 e. The molecule has 2 aromatic heterocycles. The minimum Gasteiger partial charge on any atom is -0.395 e. The molecular weight excluding hydrogens is 682 g/mol. The molecule has 12 nitrogen and oxygen atoms in total. The van der Waals surface area contributed by atoms with Crippen LogP contribution in [-0.2, 0) is 37.3 Å². The van der Waals surface area contributed by atoms with Crippen molar-refractivity contribution in [3.05, 3.63) is 58.8 Å². The first-order valence-corrected chi connectivity index (χ1v) is 18.5. The molecule has 0 fully saturated rings. The van der Waals surface area contributed by atoms with Crippen molar-refractivity contribution in [2.75, 3.05) is 50.9 Å². The van der Waals surface area contributed by atoms with Crippen molar-refractivity contribution in [1.29, 1.82) is 0 Å². The number of benzene rings is 2. The predicted octanol–water partition coefficient (Wildman–Crippen LogP) is 3.19. The first-order chi connectivity index (χ1) is 21.5. The highest BCUT2D eigenvalue weighted by Gasteiger charge is 2.23. The summed E-state index contributed by atoms with van der Waals surface area (Å²) in [5.74, 6) is 1.30. The lowest BCUT2D eigenvalue weighted by Crippen LogP contribution is -2.23. The highest BCUT2D eigenvalue weighted by atomic mass is 35.5. The fourth-order valence-corrected chi connectivity index (χ4v) is 8.36. The van der Waals surface area contributed by atoms with E-state index in [9.17, 15) is 16.8 Å². The maximum absolute atomic E-state index is 12.6. The van der Waals surface area contributed by atoms with Gasteiger partial charge in [0, 0.05) is 68.2 Å². The molecule has 6 rings (SSSR count). The zero-order chi connectivity index (χ0) is 32.2. The number of halogens is 2. The summed E-state index contributed by atoms with van der Waals surface area (Å²) in [6.07, 6.45) is 3.25. The van der Waals surface area contributed by atoms with Crippen molar-refractivity contribution in [2.45, 2.75) is 22.9 Å². The zero-order valence-corrected chi connectivity index (χ0v) is 28.4. The number of hydrogen-bond acceptors (Lipinski definition) is 10. The van der Waals surface area contributed by atoms with Crippen LogP contribution in [0.5, 0.6) is 0 Å². The first-order valence-electron chi connectivity index (χ1n) is 14.0. The first kappa shape index (κ1) is 33.6. The number of aliphatic hydroxyl groups excluding tert-OH is 1. The maximum atomic E-state index is 12.6. The number of amidine groups is 2. The van der Waals surface area contributed by atoms with Crippen LogP contribution in [0.25, 0.3) is 21.8 Å². The molecule has 17 heteroatoms. The molecule has 45 heavy (non-hydrogen) atoms. The summed E-state index contributed by atoms with van der Waals surface area (Å²) in [5.41, 5.74) is 1.59. The standard InChI is InChI=1S/C14H17ClN3O3PS.C14H16ClN3O3S.H2/c15-10-1-2-12-11(7-10)13(23(19,20)6-5-21-22)8-18(12)9-14-16-3-4-17-14;15-10-1-2-12-11(7-10)13(22(20,21)6-5-19)8-18(12)9-14-16-3-4-17-14;/h1-2,7-8H,3-6,9,22H2,(H,16,17);1-2,7-8,19H,3-6,9H2,(H,16,17);1H/i;;1+2. The number of aliphatic imine (C=N–C) groups is 2. The largest absolute Gasteiger partial charge is 0.395 e. The smallest absolute Gasteiger partial charge is 0.182 e. The van der Waals surface area contributed by atoms with Gasteiger partial charge in [-0.3, -0.25) is 9.98 Å². The zero-order valence-electron chi connectivity index (χ0n) is 24.1. The summed E-state index contributed by atoms with van der Waals surface area (Å²) in [5, 5.41) is 17.5. The van der Waals surface area contributed by atoms with E-state index < -0.39 is 26.3 Å². The number of aromatic nitrogens is 2. The van der Waals surface area contributed by atoms with E-state index in [-0.39, 0.29) is 29.3 Å². The van der Waals surface area contributed by atoms with E-state index in [4.69, 9.17) is 32.8 Å². The number of sulfone groups is 2. The number of nitrogens with one attached hydrogen (secondary N) is 2. The van der Waals surface area contributed by atoms with Gasteiger partial charge in [-0.2, -0.15) is 0 Å². The van der Waals surface area contributed by atoms with Crippen molar-refractivity contribution >= 4 is 85.8 Å². The van der Waals surface area contributed by atoms with Gasteiger partial charge in [0.1, 0.15) is 11.7 Å². The van der Waals surface area contributed by atoms with Crippen molar-refractivity contribution in [2.24, 2.45) is 9.98 Å². The highest BCUT2D eigenvalue weighted by Crippen LogP contribution is 2.30. The monoisotopic (exact) mass is 718 g/mol. The van der Waals surface area contributed by atoms with Crippen molar-refractivity contribution in [3.63, 3.8) is 0 Å². The molecule has 0 spiro atoms. The molecule has 2 aliphatic rings. The Hall–Kier alpha value is -2.71. The summed E-state index contributed by atoms with van der Waals surface area (Å²) >= 11 is 12.1. The minimum absolute atomic E-state index is 0. The highest BCUT2D eigenvalue weighted by molar-refractivity contribution is 7.92. The Morgan fingerprint density at radius 2 is 1.29 bits per heavy atom. The van der Waals surface area contributed by atoms with E-state index in [0.717, 1.165) is 48.9 Å². The third-order valence-electron chi connectivity index (χ3n) is 7.24. The Labute approximate surface area is 275 Å². The molecule has 1 atom stereocenters. The van der Waals surface area contributed by atoms with E-state index in [2.05, 4.69) is 30.1 Å². The van der Waals surface area contributed by atoms with Gasteiger partial charge in [0.2, 0.25) is 0 Å². The molecule has 4 heterocycles.